The first kappa shape index (κ1) is 18.0. The molecule has 0 unspecified atom stereocenters. The van der Waals surface area contributed by atoms with Crippen LogP contribution >= 0.6 is 11.3 Å². The first-order chi connectivity index (χ1) is 12.0. The van der Waals surface area contributed by atoms with Crippen molar-refractivity contribution < 1.29 is 13.6 Å². The van der Waals surface area contributed by atoms with Crippen molar-refractivity contribution in [3.63, 3.8) is 0 Å². The molecule has 1 amide bonds. The van der Waals surface area contributed by atoms with Gasteiger partial charge in [0.25, 0.3) is 5.91 Å². The van der Waals surface area contributed by atoms with E-state index < -0.39 is 11.6 Å². The van der Waals surface area contributed by atoms with Gasteiger partial charge in [-0.05, 0) is 75.1 Å². The van der Waals surface area contributed by atoms with E-state index in [1.165, 1.54) is 36.3 Å². The van der Waals surface area contributed by atoms with Gasteiger partial charge in [0.15, 0.2) is 11.6 Å². The molecule has 0 atom stereocenters. The maximum absolute atomic E-state index is 13.4. The molecule has 1 aliphatic rings. The summed E-state index contributed by atoms with van der Waals surface area (Å²) in [6, 6.07) is 5.65. The van der Waals surface area contributed by atoms with Crippen LogP contribution in [0.2, 0.25) is 0 Å². The van der Waals surface area contributed by atoms with Crippen LogP contribution in [-0.2, 0) is 0 Å². The topological polar surface area (TPSA) is 32.3 Å². The minimum Gasteiger partial charge on any atom is -0.351 e. The maximum Gasteiger partial charge on any atom is 0.261 e. The third-order valence-electron chi connectivity index (χ3n) is 4.46. The summed E-state index contributed by atoms with van der Waals surface area (Å²) in [4.78, 5) is 16.2. The fourth-order valence-corrected chi connectivity index (χ4v) is 4.18. The Balaban J connectivity index is 1.59. The standard InChI is InChI=1S/C19H22F2N2OS/c1-13-11-17(14-5-6-15(20)16(21)12-14)25-18(13)19(24)22-7-4-10-23-8-2-3-9-23/h5-6,11-12H,2-4,7-10H2,1H3,(H,22,24). The van der Waals surface area contributed by atoms with Crippen molar-refractivity contribution >= 4 is 17.2 Å². The number of aryl methyl sites for hydroxylation is 1. The first-order valence-corrected chi connectivity index (χ1v) is 9.42. The van der Waals surface area contributed by atoms with Crippen LogP contribution in [0.1, 0.15) is 34.5 Å². The van der Waals surface area contributed by atoms with Gasteiger partial charge in [0.05, 0.1) is 4.88 Å². The molecule has 1 N–H and O–H groups in total. The van der Waals surface area contributed by atoms with E-state index in [0.717, 1.165) is 42.6 Å². The van der Waals surface area contributed by atoms with E-state index in [1.807, 2.05) is 13.0 Å². The number of likely N-dealkylation sites (tertiary alicyclic amines) is 1. The van der Waals surface area contributed by atoms with Crippen LogP contribution in [0.4, 0.5) is 8.78 Å². The summed E-state index contributed by atoms with van der Waals surface area (Å²) in [5, 5.41) is 2.96. The summed E-state index contributed by atoms with van der Waals surface area (Å²) in [7, 11) is 0. The summed E-state index contributed by atoms with van der Waals surface area (Å²) < 4.78 is 26.5. The number of halogens is 2. The first-order valence-electron chi connectivity index (χ1n) is 8.61. The SMILES string of the molecule is Cc1cc(-c2ccc(F)c(F)c2)sc1C(=O)NCCCN1CCCC1. The Labute approximate surface area is 150 Å². The quantitative estimate of drug-likeness (QED) is 0.779. The molecule has 2 aromatic rings. The monoisotopic (exact) mass is 364 g/mol. The third kappa shape index (κ3) is 4.44. The predicted octanol–water partition coefficient (Wildman–Crippen LogP) is 4.22. The van der Waals surface area contributed by atoms with Gasteiger partial charge >= 0.3 is 0 Å². The highest BCUT2D eigenvalue weighted by Crippen LogP contribution is 2.32. The Hall–Kier alpha value is -1.79. The number of thiophene rings is 1. The van der Waals surface area contributed by atoms with Crippen LogP contribution in [-0.4, -0.2) is 37.0 Å². The van der Waals surface area contributed by atoms with E-state index in [0.29, 0.717) is 17.0 Å². The Kier molecular flexibility index (Phi) is 5.81. The lowest BCUT2D eigenvalue weighted by molar-refractivity contribution is 0.0955. The Morgan fingerprint density at radius 3 is 2.68 bits per heavy atom. The zero-order valence-corrected chi connectivity index (χ0v) is 15.1. The molecule has 1 aromatic heterocycles. The highest BCUT2D eigenvalue weighted by Gasteiger charge is 2.16. The van der Waals surface area contributed by atoms with Gasteiger partial charge in [0, 0.05) is 11.4 Å². The summed E-state index contributed by atoms with van der Waals surface area (Å²) in [6.45, 7) is 5.85. The van der Waals surface area contributed by atoms with E-state index >= 15 is 0 Å². The van der Waals surface area contributed by atoms with Crippen LogP contribution in [0.15, 0.2) is 24.3 Å². The second-order valence-electron chi connectivity index (χ2n) is 6.41. The number of benzene rings is 1. The minimum atomic E-state index is -0.878. The molecular formula is C19H22F2N2OS. The van der Waals surface area contributed by atoms with E-state index in [2.05, 4.69) is 10.2 Å². The van der Waals surface area contributed by atoms with Crippen LogP contribution in [0.3, 0.4) is 0 Å². The number of rotatable bonds is 6. The smallest absolute Gasteiger partial charge is 0.261 e. The Bertz CT molecular complexity index is 754. The van der Waals surface area contributed by atoms with Crippen molar-refractivity contribution in [3.05, 3.63) is 46.3 Å². The Morgan fingerprint density at radius 2 is 1.96 bits per heavy atom. The largest absolute Gasteiger partial charge is 0.351 e. The van der Waals surface area contributed by atoms with Crippen molar-refractivity contribution in [1.82, 2.24) is 10.2 Å². The fraction of sp³-hybridized carbons (Fsp3) is 0.421. The number of nitrogens with zero attached hydrogens (tertiary/aromatic N) is 1. The highest BCUT2D eigenvalue weighted by molar-refractivity contribution is 7.17. The molecule has 1 fully saturated rings. The molecule has 25 heavy (non-hydrogen) atoms. The lowest BCUT2D eigenvalue weighted by atomic mass is 10.1. The molecule has 3 nitrogen and oxygen atoms in total. The van der Waals surface area contributed by atoms with Gasteiger partial charge in [0.1, 0.15) is 0 Å². The molecule has 0 bridgehead atoms. The van der Waals surface area contributed by atoms with E-state index in [9.17, 15) is 13.6 Å². The number of amides is 1. The average molecular weight is 364 g/mol. The third-order valence-corrected chi connectivity index (χ3v) is 5.75. The van der Waals surface area contributed by atoms with Gasteiger partial charge in [-0.3, -0.25) is 4.79 Å². The number of nitrogens with one attached hydrogen (secondary N) is 1. The average Bonchev–Trinajstić information content (AvgIpc) is 3.23. The Morgan fingerprint density at radius 1 is 1.20 bits per heavy atom. The van der Waals surface area contributed by atoms with Gasteiger partial charge in [0.2, 0.25) is 0 Å². The maximum atomic E-state index is 13.4. The molecule has 0 radical (unpaired) electrons. The summed E-state index contributed by atoms with van der Waals surface area (Å²) in [5.74, 6) is -1.85. The molecule has 2 heterocycles. The zero-order valence-electron chi connectivity index (χ0n) is 14.3. The van der Waals surface area contributed by atoms with Crippen molar-refractivity contribution in [1.29, 1.82) is 0 Å². The minimum absolute atomic E-state index is 0.0993. The van der Waals surface area contributed by atoms with Gasteiger partial charge in [-0.1, -0.05) is 6.07 Å². The van der Waals surface area contributed by atoms with Crippen LogP contribution < -0.4 is 5.32 Å². The van der Waals surface area contributed by atoms with Gasteiger partial charge in [-0.2, -0.15) is 0 Å². The lowest BCUT2D eigenvalue weighted by Crippen LogP contribution is -2.28. The van der Waals surface area contributed by atoms with Crippen molar-refractivity contribution in [2.75, 3.05) is 26.2 Å². The van der Waals surface area contributed by atoms with Crippen LogP contribution in [0, 0.1) is 18.6 Å². The second kappa shape index (κ2) is 8.06. The molecule has 1 aliphatic heterocycles. The summed E-state index contributed by atoms with van der Waals surface area (Å²) in [5.41, 5.74) is 1.43. The van der Waals surface area contributed by atoms with Gasteiger partial charge < -0.3 is 10.2 Å². The molecule has 1 saturated heterocycles. The van der Waals surface area contributed by atoms with Crippen molar-refractivity contribution in [2.45, 2.75) is 26.2 Å². The molecule has 3 rings (SSSR count). The second-order valence-corrected chi connectivity index (χ2v) is 7.46. The van der Waals surface area contributed by atoms with Gasteiger partial charge in [-0.15, -0.1) is 11.3 Å². The van der Waals surface area contributed by atoms with Crippen molar-refractivity contribution in [2.24, 2.45) is 0 Å². The molecule has 0 saturated carbocycles. The van der Waals surface area contributed by atoms with Crippen LogP contribution in [0.5, 0.6) is 0 Å². The number of carbonyl (C=O) groups is 1. The molecule has 134 valence electrons. The van der Waals surface area contributed by atoms with E-state index in [1.54, 1.807) is 0 Å². The zero-order chi connectivity index (χ0) is 17.8. The summed E-state index contributed by atoms with van der Waals surface area (Å²) in [6.07, 6.45) is 3.48. The predicted molar refractivity (Wildman–Crippen MR) is 97.0 cm³/mol. The van der Waals surface area contributed by atoms with Gasteiger partial charge in [-0.25, -0.2) is 8.78 Å². The fourth-order valence-electron chi connectivity index (χ4n) is 3.09. The van der Waals surface area contributed by atoms with E-state index in [4.69, 9.17) is 0 Å². The lowest BCUT2D eigenvalue weighted by Gasteiger charge is -2.14. The molecule has 6 heteroatoms. The molecule has 1 aromatic carbocycles. The number of hydrogen-bond acceptors (Lipinski definition) is 3. The van der Waals surface area contributed by atoms with E-state index in [-0.39, 0.29) is 5.91 Å². The number of hydrogen-bond donors (Lipinski definition) is 1. The summed E-state index contributed by atoms with van der Waals surface area (Å²) >= 11 is 1.31. The highest BCUT2D eigenvalue weighted by atomic mass is 32.1. The van der Waals surface area contributed by atoms with Crippen LogP contribution in [0.25, 0.3) is 10.4 Å². The normalized spacial score (nSPS) is 14.8. The van der Waals surface area contributed by atoms with Crippen molar-refractivity contribution in [3.8, 4) is 10.4 Å². The number of carbonyl (C=O) groups excluding carboxylic acids is 1. The molecule has 0 spiro atoms. The molecular weight excluding hydrogens is 342 g/mol. The molecule has 0 aliphatic carbocycles.